The second kappa shape index (κ2) is 12.9. The molecule has 0 aromatic heterocycles. The van der Waals surface area contributed by atoms with Gasteiger partial charge in [-0.1, -0.05) is 83.9 Å². The Morgan fingerprint density at radius 1 is 0.513 bits per heavy atom. The van der Waals surface area contributed by atoms with Crippen molar-refractivity contribution in [2.24, 2.45) is 0 Å². The van der Waals surface area contributed by atoms with Crippen LogP contribution in [0.5, 0.6) is 17.2 Å². The number of benzene rings is 4. The highest BCUT2D eigenvalue weighted by molar-refractivity contribution is 6.40. The van der Waals surface area contributed by atoms with Crippen LogP contribution in [0.4, 0.5) is 0 Å². The first kappa shape index (κ1) is 29.9. The summed E-state index contributed by atoms with van der Waals surface area (Å²) >= 11 is 0. The lowest BCUT2D eigenvalue weighted by Gasteiger charge is -2.22. The Balaban J connectivity index is 0.000000771. The molecule has 0 N–H and O–H groups in total. The zero-order chi connectivity index (χ0) is 28.7. The number of quaternary nitrogens is 1. The first-order valence-electron chi connectivity index (χ1n) is 13.4. The van der Waals surface area contributed by atoms with Crippen molar-refractivity contribution in [3.63, 3.8) is 0 Å². The van der Waals surface area contributed by atoms with Crippen LogP contribution in [0.15, 0.2) is 78.9 Å². The van der Waals surface area contributed by atoms with Crippen LogP contribution in [0.1, 0.15) is 33.4 Å². The van der Waals surface area contributed by atoms with E-state index in [0.29, 0.717) is 5.75 Å². The van der Waals surface area contributed by atoms with E-state index in [4.69, 9.17) is 14.0 Å². The second-order valence-electron chi connectivity index (χ2n) is 11.6. The van der Waals surface area contributed by atoms with E-state index in [1.54, 1.807) is 0 Å². The third-order valence-electron chi connectivity index (χ3n) is 5.83. The molecule has 39 heavy (non-hydrogen) atoms. The van der Waals surface area contributed by atoms with Gasteiger partial charge in [0.05, 0.1) is 28.2 Å². The van der Waals surface area contributed by atoms with Crippen molar-refractivity contribution in [3.05, 3.63) is 112 Å². The van der Waals surface area contributed by atoms with Crippen LogP contribution in [0, 0.1) is 41.5 Å². The molecule has 4 nitrogen and oxygen atoms in total. The lowest BCUT2D eigenvalue weighted by atomic mass is 10.0. The second-order valence-corrected chi connectivity index (χ2v) is 11.6. The van der Waals surface area contributed by atoms with Crippen molar-refractivity contribution in [1.82, 2.24) is 0 Å². The molecule has 0 radical (unpaired) electrons. The Kier molecular flexibility index (Phi) is 9.88. The minimum atomic E-state index is -0.968. The summed E-state index contributed by atoms with van der Waals surface area (Å²) in [6, 6.07) is 26.6. The van der Waals surface area contributed by atoms with Gasteiger partial charge in [-0.3, -0.25) is 0 Å². The fourth-order valence-corrected chi connectivity index (χ4v) is 4.50. The third kappa shape index (κ3) is 8.93. The average Bonchev–Trinajstić information content (AvgIpc) is 2.83. The Hall–Kier alpha value is -3.70. The zero-order valence-electron chi connectivity index (χ0n) is 25.3. The normalized spacial score (nSPS) is 10.8. The fraction of sp³-hybridized carbons (Fsp3) is 0.294. The van der Waals surface area contributed by atoms with Crippen molar-refractivity contribution in [2.75, 3.05) is 28.2 Å². The van der Waals surface area contributed by atoms with Gasteiger partial charge in [0.25, 0.3) is 0 Å². The summed E-state index contributed by atoms with van der Waals surface area (Å²) in [5.41, 5.74) is 8.62. The molecule has 0 amide bonds. The average molecular weight is 525 g/mol. The van der Waals surface area contributed by atoms with Crippen LogP contribution in [-0.2, 0) is 0 Å². The number of rotatable bonds is 7. The molecule has 0 fully saturated rings. The van der Waals surface area contributed by atoms with E-state index in [1.807, 2.05) is 70.2 Å². The molecule has 4 aromatic rings. The predicted molar refractivity (Wildman–Crippen MR) is 165 cm³/mol. The standard InChI is InChI=1S/C30H31BO3.C4H12N/c1-20-16-22(3)29(23(4)17-20)33-31(34-30-24(5)18-21(2)19-25(30)6)32-28-15-11-10-14-27(28)26-12-8-7-9-13-26;1-5(2,3)4/h7-19H,1-6H3;1-4H3/q;+1. The minimum Gasteiger partial charge on any atom is -0.489 e. The molecule has 0 saturated carbocycles. The smallest absolute Gasteiger partial charge is 0.489 e. The zero-order valence-corrected chi connectivity index (χ0v) is 25.3. The van der Waals surface area contributed by atoms with Gasteiger partial charge >= 0.3 is 7.32 Å². The van der Waals surface area contributed by atoms with E-state index in [1.165, 1.54) is 11.1 Å². The maximum absolute atomic E-state index is 6.44. The molecule has 0 atom stereocenters. The van der Waals surface area contributed by atoms with Gasteiger partial charge in [0, 0.05) is 5.56 Å². The molecule has 4 aromatic carbocycles. The van der Waals surface area contributed by atoms with Gasteiger partial charge in [-0.15, -0.1) is 0 Å². The lowest BCUT2D eigenvalue weighted by molar-refractivity contribution is -0.849. The molecule has 0 bridgehead atoms. The molecule has 5 heteroatoms. The van der Waals surface area contributed by atoms with Crippen molar-refractivity contribution < 1.29 is 18.4 Å². The molecular weight excluding hydrogens is 481 g/mol. The maximum Gasteiger partial charge on any atom is 0.864 e. The van der Waals surface area contributed by atoms with Crippen LogP contribution in [-0.4, -0.2) is 40.0 Å². The molecule has 0 aliphatic rings. The molecule has 0 aliphatic carbocycles. The number of hydrogen-bond donors (Lipinski definition) is 0. The summed E-state index contributed by atoms with van der Waals surface area (Å²) in [5, 5.41) is 0. The Morgan fingerprint density at radius 3 is 1.33 bits per heavy atom. The Morgan fingerprint density at radius 2 is 0.897 bits per heavy atom. The predicted octanol–water partition coefficient (Wildman–Crippen LogP) is 8.05. The van der Waals surface area contributed by atoms with Crippen molar-refractivity contribution in [2.45, 2.75) is 41.5 Å². The maximum atomic E-state index is 6.44. The molecule has 0 heterocycles. The van der Waals surface area contributed by atoms with Gasteiger partial charge in [0.1, 0.15) is 17.2 Å². The molecule has 4 rings (SSSR count). The van der Waals surface area contributed by atoms with Crippen LogP contribution in [0.3, 0.4) is 0 Å². The van der Waals surface area contributed by atoms with Crippen molar-refractivity contribution in [3.8, 4) is 28.4 Å². The highest BCUT2D eigenvalue weighted by Gasteiger charge is 2.33. The van der Waals surface area contributed by atoms with Crippen LogP contribution in [0.2, 0.25) is 0 Å². The monoisotopic (exact) mass is 524 g/mol. The summed E-state index contributed by atoms with van der Waals surface area (Å²) in [6.45, 7) is 12.4. The summed E-state index contributed by atoms with van der Waals surface area (Å²) in [4.78, 5) is 0. The van der Waals surface area contributed by atoms with Crippen LogP contribution in [0.25, 0.3) is 11.1 Å². The lowest BCUT2D eigenvalue weighted by Crippen LogP contribution is -2.38. The highest BCUT2D eigenvalue weighted by atomic mass is 16.7. The van der Waals surface area contributed by atoms with Crippen molar-refractivity contribution in [1.29, 1.82) is 0 Å². The fourth-order valence-electron chi connectivity index (χ4n) is 4.50. The van der Waals surface area contributed by atoms with E-state index in [2.05, 4.69) is 78.4 Å². The summed E-state index contributed by atoms with van der Waals surface area (Å²) in [6.07, 6.45) is 0. The van der Waals surface area contributed by atoms with Gasteiger partial charge in [-0.05, 0) is 75.4 Å². The highest BCUT2D eigenvalue weighted by Crippen LogP contribution is 2.33. The van der Waals surface area contributed by atoms with Gasteiger partial charge in [-0.2, -0.15) is 0 Å². The third-order valence-corrected chi connectivity index (χ3v) is 5.83. The molecule has 204 valence electrons. The van der Waals surface area contributed by atoms with Crippen molar-refractivity contribution >= 4 is 7.32 Å². The molecule has 0 aliphatic heterocycles. The van der Waals surface area contributed by atoms with Crippen LogP contribution >= 0.6 is 0 Å². The van der Waals surface area contributed by atoms with Crippen LogP contribution < -0.4 is 14.0 Å². The minimum absolute atomic E-state index is 0.698. The number of aryl methyl sites for hydroxylation is 6. The summed E-state index contributed by atoms with van der Waals surface area (Å²) in [5.74, 6) is 2.24. The van der Waals surface area contributed by atoms with E-state index in [0.717, 1.165) is 49.4 Å². The van der Waals surface area contributed by atoms with E-state index in [9.17, 15) is 0 Å². The van der Waals surface area contributed by atoms with E-state index >= 15 is 0 Å². The topological polar surface area (TPSA) is 27.7 Å². The van der Waals surface area contributed by atoms with Gasteiger partial charge in [0.15, 0.2) is 0 Å². The quantitative estimate of drug-likeness (QED) is 0.181. The largest absolute Gasteiger partial charge is 0.864 e. The summed E-state index contributed by atoms with van der Waals surface area (Å²) in [7, 11) is 7.53. The molecular formula is C34H43BNO3+. The van der Waals surface area contributed by atoms with E-state index in [-0.39, 0.29) is 0 Å². The first-order valence-corrected chi connectivity index (χ1v) is 13.4. The Labute approximate surface area is 235 Å². The first-order chi connectivity index (χ1) is 18.3. The molecule has 0 saturated heterocycles. The number of para-hydroxylation sites is 1. The number of hydrogen-bond acceptors (Lipinski definition) is 3. The van der Waals surface area contributed by atoms with E-state index < -0.39 is 7.32 Å². The van der Waals surface area contributed by atoms with Gasteiger partial charge in [0.2, 0.25) is 0 Å². The summed E-state index contributed by atoms with van der Waals surface area (Å²) < 4.78 is 20.3. The number of nitrogens with zero attached hydrogens (tertiary/aromatic N) is 1. The van der Waals surface area contributed by atoms with Gasteiger partial charge in [-0.25, -0.2) is 0 Å². The van der Waals surface area contributed by atoms with Gasteiger partial charge < -0.3 is 18.4 Å². The molecule has 0 unspecified atom stereocenters. The Bertz CT molecular complexity index is 1280. The SMILES string of the molecule is C[N+](C)(C)C.Cc1cc(C)c(OB(Oc2ccccc2-c2ccccc2)Oc2c(C)cc(C)cc2C)c(C)c1. The molecule has 0 spiro atoms.